The molecule has 1 aromatic heterocycles. The summed E-state index contributed by atoms with van der Waals surface area (Å²) in [5.41, 5.74) is 3.09. The van der Waals surface area contributed by atoms with Gasteiger partial charge in [0.2, 0.25) is 10.0 Å². The highest BCUT2D eigenvalue weighted by Gasteiger charge is 2.36. The molecular weight excluding hydrogens is 635 g/mol. The van der Waals surface area contributed by atoms with Crippen molar-refractivity contribution in [3.63, 3.8) is 0 Å². The number of nitrogens with zero attached hydrogens (tertiary/aromatic N) is 1. The molecule has 222 valence electrons. The number of ether oxygens (including phenoxy) is 2. The van der Waals surface area contributed by atoms with E-state index in [0.717, 1.165) is 30.4 Å². The van der Waals surface area contributed by atoms with Gasteiger partial charge in [-0.15, -0.1) is 0 Å². The van der Waals surface area contributed by atoms with Crippen molar-refractivity contribution >= 4 is 56.5 Å². The highest BCUT2D eigenvalue weighted by Crippen LogP contribution is 2.48. The molecule has 1 fully saturated rings. The molecule has 1 aliphatic carbocycles. The normalized spacial score (nSPS) is 13.5. The molecule has 1 aliphatic rings. The van der Waals surface area contributed by atoms with Gasteiger partial charge in [-0.2, -0.15) is 0 Å². The SMILES string of the molecule is COC(=O)c1cc(C#Cc2ccc(OC(C)c3c(-c4c(Cl)cccc4Cl)noc3C3CC3)cc2Cl)cc(NS(C)(=O)=O)c1. The van der Waals surface area contributed by atoms with Gasteiger partial charge in [0.15, 0.2) is 0 Å². The van der Waals surface area contributed by atoms with Crippen molar-refractivity contribution in [2.24, 2.45) is 0 Å². The Labute approximate surface area is 264 Å². The van der Waals surface area contributed by atoms with Gasteiger partial charge in [-0.05, 0) is 62.2 Å². The zero-order chi connectivity index (χ0) is 30.9. The van der Waals surface area contributed by atoms with E-state index in [1.54, 1.807) is 36.4 Å². The van der Waals surface area contributed by atoms with Crippen LogP contribution < -0.4 is 9.46 Å². The minimum absolute atomic E-state index is 0.140. The fourth-order valence-corrected chi connectivity index (χ4v) is 5.87. The first kappa shape index (κ1) is 30.8. The average Bonchev–Trinajstić information content (AvgIpc) is 3.69. The summed E-state index contributed by atoms with van der Waals surface area (Å²) in [7, 11) is -2.35. The second-order valence-corrected chi connectivity index (χ2v) is 13.0. The van der Waals surface area contributed by atoms with Crippen molar-refractivity contribution in [2.75, 3.05) is 18.1 Å². The van der Waals surface area contributed by atoms with Crippen LogP contribution in [0.4, 0.5) is 5.69 Å². The number of rotatable bonds is 8. The number of methoxy groups -OCH3 is 1. The Balaban J connectivity index is 1.42. The zero-order valence-corrected chi connectivity index (χ0v) is 26.3. The minimum atomic E-state index is -3.58. The summed E-state index contributed by atoms with van der Waals surface area (Å²) in [6.45, 7) is 1.89. The molecule has 1 N–H and O–H groups in total. The fourth-order valence-electron chi connectivity index (χ4n) is 4.53. The quantitative estimate of drug-likeness (QED) is 0.151. The number of carbonyl (C=O) groups is 1. The van der Waals surface area contributed by atoms with Crippen molar-refractivity contribution in [3.05, 3.63) is 97.7 Å². The van der Waals surface area contributed by atoms with Crippen LogP contribution in [0.5, 0.6) is 5.75 Å². The number of anilines is 1. The van der Waals surface area contributed by atoms with Gasteiger partial charge in [-0.25, -0.2) is 13.2 Å². The predicted octanol–water partition coefficient (Wildman–Crippen LogP) is 7.88. The number of sulfonamides is 1. The lowest BCUT2D eigenvalue weighted by molar-refractivity contribution is 0.0600. The second kappa shape index (κ2) is 12.5. The molecule has 5 rings (SSSR count). The van der Waals surface area contributed by atoms with Crippen LogP contribution in [0, 0.1) is 11.8 Å². The van der Waals surface area contributed by atoms with Crippen LogP contribution in [0.1, 0.15) is 64.6 Å². The summed E-state index contributed by atoms with van der Waals surface area (Å²) in [5.74, 6) is 6.77. The molecule has 3 aromatic carbocycles. The minimum Gasteiger partial charge on any atom is -0.486 e. The van der Waals surface area contributed by atoms with E-state index in [4.69, 9.17) is 48.8 Å². The van der Waals surface area contributed by atoms with E-state index in [-0.39, 0.29) is 17.2 Å². The van der Waals surface area contributed by atoms with Crippen LogP contribution in [-0.4, -0.2) is 32.9 Å². The molecule has 0 amide bonds. The Bertz CT molecular complexity index is 1870. The van der Waals surface area contributed by atoms with E-state index in [9.17, 15) is 13.2 Å². The first-order valence-electron chi connectivity index (χ1n) is 13.1. The summed E-state index contributed by atoms with van der Waals surface area (Å²) < 4.78 is 42.7. The molecule has 4 aromatic rings. The molecule has 0 radical (unpaired) electrons. The lowest BCUT2D eigenvalue weighted by Gasteiger charge is -2.17. The number of esters is 1. The third-order valence-electron chi connectivity index (χ3n) is 6.56. The van der Waals surface area contributed by atoms with Crippen molar-refractivity contribution in [1.29, 1.82) is 0 Å². The molecule has 0 spiro atoms. The van der Waals surface area contributed by atoms with Crippen LogP contribution in [0.15, 0.2) is 59.1 Å². The maximum atomic E-state index is 12.1. The van der Waals surface area contributed by atoms with Gasteiger partial charge in [0, 0.05) is 28.7 Å². The van der Waals surface area contributed by atoms with Crippen molar-refractivity contribution in [2.45, 2.75) is 31.8 Å². The molecule has 8 nitrogen and oxygen atoms in total. The maximum absolute atomic E-state index is 12.1. The van der Waals surface area contributed by atoms with E-state index < -0.39 is 22.1 Å². The summed E-state index contributed by atoms with van der Waals surface area (Å²) in [5, 5.41) is 5.58. The van der Waals surface area contributed by atoms with Crippen molar-refractivity contribution in [1.82, 2.24) is 5.16 Å². The lowest BCUT2D eigenvalue weighted by atomic mass is 10.00. The molecule has 1 unspecified atom stereocenters. The Morgan fingerprint density at radius 1 is 1.05 bits per heavy atom. The number of aromatic nitrogens is 1. The number of hydrogen-bond donors (Lipinski definition) is 1. The molecule has 0 bridgehead atoms. The first-order chi connectivity index (χ1) is 20.4. The van der Waals surface area contributed by atoms with Gasteiger partial charge in [0.25, 0.3) is 0 Å². The monoisotopic (exact) mass is 658 g/mol. The lowest BCUT2D eigenvalue weighted by Crippen LogP contribution is -2.11. The molecule has 1 heterocycles. The molecule has 0 aliphatic heterocycles. The maximum Gasteiger partial charge on any atom is 0.337 e. The van der Waals surface area contributed by atoms with E-state index in [1.807, 2.05) is 6.92 Å². The van der Waals surface area contributed by atoms with Crippen LogP contribution in [0.25, 0.3) is 11.3 Å². The summed E-state index contributed by atoms with van der Waals surface area (Å²) >= 11 is 19.6. The Morgan fingerprint density at radius 2 is 1.77 bits per heavy atom. The largest absolute Gasteiger partial charge is 0.486 e. The third kappa shape index (κ3) is 7.28. The van der Waals surface area contributed by atoms with Gasteiger partial charge in [-0.3, -0.25) is 4.72 Å². The topological polar surface area (TPSA) is 108 Å². The number of carbonyl (C=O) groups excluding carboxylic acids is 1. The van der Waals surface area contributed by atoms with Gasteiger partial charge in [0.05, 0.1) is 45.2 Å². The molecule has 1 saturated carbocycles. The van der Waals surface area contributed by atoms with Crippen molar-refractivity contribution < 1.29 is 27.2 Å². The summed E-state index contributed by atoms with van der Waals surface area (Å²) in [6, 6.07) is 14.7. The van der Waals surface area contributed by atoms with E-state index in [1.165, 1.54) is 25.3 Å². The first-order valence-corrected chi connectivity index (χ1v) is 16.1. The van der Waals surface area contributed by atoms with Gasteiger partial charge >= 0.3 is 5.97 Å². The molecule has 43 heavy (non-hydrogen) atoms. The Hall–Kier alpha value is -3.68. The number of benzene rings is 3. The number of nitrogens with one attached hydrogen (secondary N) is 1. The van der Waals surface area contributed by atoms with E-state index in [2.05, 4.69) is 21.7 Å². The van der Waals surface area contributed by atoms with Crippen LogP contribution >= 0.6 is 34.8 Å². The van der Waals surface area contributed by atoms with Crippen LogP contribution in [0.3, 0.4) is 0 Å². The molecular formula is C31H25Cl3N2O6S. The second-order valence-electron chi connectivity index (χ2n) is 10.00. The van der Waals surface area contributed by atoms with Crippen LogP contribution in [-0.2, 0) is 14.8 Å². The Morgan fingerprint density at radius 3 is 2.40 bits per heavy atom. The fraction of sp³-hybridized carbons (Fsp3) is 0.226. The highest BCUT2D eigenvalue weighted by atomic mass is 35.5. The summed E-state index contributed by atoms with van der Waals surface area (Å²) in [4.78, 5) is 12.1. The standard InChI is InChI=1S/C31H25Cl3N2O6S/c1-17(27-29(35-42-30(27)20-9-10-20)28-24(32)5-4-6-25(28)33)41-23-12-11-19(26(34)16-23)8-7-18-13-21(31(37)40-2)15-22(14-18)36-43(3,38)39/h4-6,11-17,20,36H,9-10H2,1-3H3. The zero-order valence-electron chi connectivity index (χ0n) is 23.2. The Kier molecular flexibility index (Phi) is 8.95. The third-order valence-corrected chi connectivity index (χ3v) is 8.11. The van der Waals surface area contributed by atoms with Crippen LogP contribution in [0.2, 0.25) is 15.1 Å². The summed E-state index contributed by atoms with van der Waals surface area (Å²) in [6.07, 6.45) is 2.53. The number of hydrogen-bond acceptors (Lipinski definition) is 7. The van der Waals surface area contributed by atoms with Gasteiger partial charge in [0.1, 0.15) is 23.3 Å². The van der Waals surface area contributed by atoms with E-state index >= 15 is 0 Å². The average molecular weight is 660 g/mol. The smallest absolute Gasteiger partial charge is 0.337 e. The van der Waals surface area contributed by atoms with Crippen molar-refractivity contribution in [3.8, 4) is 28.8 Å². The molecule has 12 heteroatoms. The van der Waals surface area contributed by atoms with Gasteiger partial charge in [-0.1, -0.05) is 57.9 Å². The van der Waals surface area contributed by atoms with E-state index in [0.29, 0.717) is 43.2 Å². The molecule has 0 saturated heterocycles. The van der Waals surface area contributed by atoms with Gasteiger partial charge < -0.3 is 14.0 Å². The predicted molar refractivity (Wildman–Crippen MR) is 167 cm³/mol. The molecule has 1 atom stereocenters. The highest BCUT2D eigenvalue weighted by molar-refractivity contribution is 7.92. The number of halogens is 3.